The van der Waals surface area contributed by atoms with Crippen LogP contribution in [-0.4, -0.2) is 47.8 Å². The zero-order valence-electron chi connectivity index (χ0n) is 17.9. The summed E-state index contributed by atoms with van der Waals surface area (Å²) in [5.41, 5.74) is 2.25. The first-order valence-corrected chi connectivity index (χ1v) is 10.5. The summed E-state index contributed by atoms with van der Waals surface area (Å²) in [5.74, 6) is 0. The SMILES string of the molecule is CC(C)(C)OC(=O)NCCCN1CCC(c2ccccc2)(c2cccnc2)CC1. The highest BCUT2D eigenvalue weighted by atomic mass is 16.6. The maximum absolute atomic E-state index is 11.8. The third-order valence-electron chi connectivity index (χ3n) is 5.57. The molecule has 0 bridgehead atoms. The van der Waals surface area contributed by atoms with Crippen molar-refractivity contribution in [2.45, 2.75) is 51.0 Å². The smallest absolute Gasteiger partial charge is 0.407 e. The zero-order valence-corrected chi connectivity index (χ0v) is 17.9. The molecule has 0 unspecified atom stereocenters. The van der Waals surface area contributed by atoms with Crippen LogP contribution in [0, 0.1) is 0 Å². The molecule has 1 aliphatic heterocycles. The van der Waals surface area contributed by atoms with Crippen LogP contribution in [0.5, 0.6) is 0 Å². The van der Waals surface area contributed by atoms with Crippen LogP contribution in [0.25, 0.3) is 0 Å². The number of likely N-dealkylation sites (tertiary alicyclic amines) is 1. The second kappa shape index (κ2) is 9.40. The van der Waals surface area contributed by atoms with Gasteiger partial charge in [-0.15, -0.1) is 0 Å². The van der Waals surface area contributed by atoms with Gasteiger partial charge >= 0.3 is 6.09 Å². The Balaban J connectivity index is 1.54. The number of nitrogens with zero attached hydrogens (tertiary/aromatic N) is 2. The number of hydrogen-bond acceptors (Lipinski definition) is 4. The van der Waals surface area contributed by atoms with E-state index in [2.05, 4.69) is 51.6 Å². The van der Waals surface area contributed by atoms with Gasteiger partial charge in [0.15, 0.2) is 0 Å². The molecule has 1 aliphatic rings. The van der Waals surface area contributed by atoms with Crippen molar-refractivity contribution in [2.24, 2.45) is 0 Å². The van der Waals surface area contributed by atoms with Crippen LogP contribution < -0.4 is 5.32 Å². The van der Waals surface area contributed by atoms with Gasteiger partial charge in [-0.25, -0.2) is 4.79 Å². The third-order valence-corrected chi connectivity index (χ3v) is 5.57. The number of hydrogen-bond donors (Lipinski definition) is 1. The molecule has 156 valence electrons. The predicted octanol–water partition coefficient (Wildman–Crippen LogP) is 4.38. The molecular formula is C24H33N3O2. The van der Waals surface area contributed by atoms with Crippen molar-refractivity contribution in [1.82, 2.24) is 15.2 Å². The summed E-state index contributed by atoms with van der Waals surface area (Å²) in [6.45, 7) is 9.32. The summed E-state index contributed by atoms with van der Waals surface area (Å²) < 4.78 is 5.29. The maximum atomic E-state index is 11.8. The molecule has 1 aromatic carbocycles. The number of piperidine rings is 1. The Morgan fingerprint density at radius 1 is 1.10 bits per heavy atom. The topological polar surface area (TPSA) is 54.5 Å². The normalized spacial score (nSPS) is 16.9. The number of amides is 1. The molecule has 5 heteroatoms. The zero-order chi connectivity index (χ0) is 20.7. The number of carbonyl (C=O) groups excluding carboxylic acids is 1. The molecule has 5 nitrogen and oxygen atoms in total. The third kappa shape index (κ3) is 5.80. The maximum Gasteiger partial charge on any atom is 0.407 e. The lowest BCUT2D eigenvalue weighted by molar-refractivity contribution is 0.0525. The van der Waals surface area contributed by atoms with Gasteiger partial charge in [-0.2, -0.15) is 0 Å². The Bertz CT molecular complexity index is 722. The molecule has 0 aliphatic carbocycles. The van der Waals surface area contributed by atoms with E-state index in [0.29, 0.717) is 6.54 Å². The van der Waals surface area contributed by atoms with E-state index in [0.717, 1.165) is 38.9 Å². The molecule has 0 saturated carbocycles. The lowest BCUT2D eigenvalue weighted by atomic mass is 9.68. The fourth-order valence-corrected chi connectivity index (χ4v) is 4.11. The van der Waals surface area contributed by atoms with Crippen LogP contribution in [-0.2, 0) is 10.2 Å². The molecule has 1 fully saturated rings. The summed E-state index contributed by atoms with van der Waals surface area (Å²) in [5, 5.41) is 2.85. The number of rotatable bonds is 6. The molecule has 1 aromatic heterocycles. The van der Waals surface area contributed by atoms with Crippen molar-refractivity contribution >= 4 is 6.09 Å². The highest BCUT2D eigenvalue weighted by Gasteiger charge is 2.37. The largest absolute Gasteiger partial charge is 0.444 e. The van der Waals surface area contributed by atoms with Crippen LogP contribution in [0.2, 0.25) is 0 Å². The van der Waals surface area contributed by atoms with E-state index in [1.807, 2.05) is 39.2 Å². The van der Waals surface area contributed by atoms with Gasteiger partial charge in [0.05, 0.1) is 0 Å². The summed E-state index contributed by atoms with van der Waals surface area (Å²) >= 11 is 0. The van der Waals surface area contributed by atoms with Crippen LogP contribution in [0.15, 0.2) is 54.9 Å². The Labute approximate surface area is 174 Å². The summed E-state index contributed by atoms with van der Waals surface area (Å²) in [6.07, 6.45) is 6.59. The van der Waals surface area contributed by atoms with Crippen LogP contribution in [0.1, 0.15) is 51.2 Å². The number of alkyl carbamates (subject to hydrolysis) is 1. The van der Waals surface area contributed by atoms with Gasteiger partial charge in [-0.3, -0.25) is 4.98 Å². The standard InChI is InChI=1S/C24H33N3O2/c1-23(2,3)29-22(28)26-15-8-16-27-17-12-24(13-18-27,20-9-5-4-6-10-20)21-11-7-14-25-19-21/h4-7,9-11,14,19H,8,12-13,15-18H2,1-3H3,(H,26,28). The van der Waals surface area contributed by atoms with Crippen molar-refractivity contribution < 1.29 is 9.53 Å². The van der Waals surface area contributed by atoms with E-state index in [4.69, 9.17) is 4.74 Å². The Kier molecular flexibility index (Phi) is 6.91. The minimum atomic E-state index is -0.454. The number of nitrogens with one attached hydrogen (secondary N) is 1. The second-order valence-corrected chi connectivity index (χ2v) is 8.81. The van der Waals surface area contributed by atoms with Crippen molar-refractivity contribution in [3.8, 4) is 0 Å². The van der Waals surface area contributed by atoms with E-state index < -0.39 is 5.60 Å². The van der Waals surface area contributed by atoms with E-state index in [-0.39, 0.29) is 11.5 Å². The van der Waals surface area contributed by atoms with Crippen LogP contribution >= 0.6 is 0 Å². The minimum Gasteiger partial charge on any atom is -0.444 e. The number of carbonyl (C=O) groups is 1. The molecule has 0 atom stereocenters. The molecular weight excluding hydrogens is 362 g/mol. The molecule has 0 radical (unpaired) electrons. The van der Waals surface area contributed by atoms with Crippen molar-refractivity contribution in [3.63, 3.8) is 0 Å². The van der Waals surface area contributed by atoms with Gasteiger partial charge in [-0.05, 0) is 76.9 Å². The first-order chi connectivity index (χ1) is 13.9. The second-order valence-electron chi connectivity index (χ2n) is 8.81. The summed E-state index contributed by atoms with van der Waals surface area (Å²) in [4.78, 5) is 18.6. The van der Waals surface area contributed by atoms with Crippen LogP contribution in [0.3, 0.4) is 0 Å². The van der Waals surface area contributed by atoms with E-state index >= 15 is 0 Å². The quantitative estimate of drug-likeness (QED) is 0.738. The molecule has 2 heterocycles. The predicted molar refractivity (Wildman–Crippen MR) is 116 cm³/mol. The molecule has 3 rings (SSSR count). The van der Waals surface area contributed by atoms with Crippen LogP contribution in [0.4, 0.5) is 4.79 Å². The van der Waals surface area contributed by atoms with Crippen molar-refractivity contribution in [3.05, 3.63) is 66.0 Å². The molecule has 2 aromatic rings. The molecule has 1 amide bonds. The fraction of sp³-hybridized carbons (Fsp3) is 0.500. The van der Waals surface area contributed by atoms with Gasteiger partial charge in [0.25, 0.3) is 0 Å². The lowest BCUT2D eigenvalue weighted by Crippen LogP contribution is -2.44. The molecule has 1 saturated heterocycles. The van der Waals surface area contributed by atoms with Gasteiger partial charge in [-0.1, -0.05) is 36.4 Å². The highest BCUT2D eigenvalue weighted by molar-refractivity contribution is 5.67. The lowest BCUT2D eigenvalue weighted by Gasteiger charge is -2.42. The van der Waals surface area contributed by atoms with Crippen molar-refractivity contribution in [1.29, 1.82) is 0 Å². The first kappa shape index (κ1) is 21.3. The first-order valence-electron chi connectivity index (χ1n) is 10.5. The van der Waals surface area contributed by atoms with E-state index in [1.54, 1.807) is 0 Å². The molecule has 29 heavy (non-hydrogen) atoms. The number of ether oxygens (including phenoxy) is 1. The molecule has 0 spiro atoms. The molecule has 1 N–H and O–H groups in total. The van der Waals surface area contributed by atoms with Gasteiger partial charge in [0.2, 0.25) is 0 Å². The van der Waals surface area contributed by atoms with Crippen molar-refractivity contribution in [2.75, 3.05) is 26.2 Å². The Hall–Kier alpha value is -2.40. The average Bonchev–Trinajstić information content (AvgIpc) is 2.72. The highest BCUT2D eigenvalue weighted by Crippen LogP contribution is 2.41. The Morgan fingerprint density at radius 3 is 2.41 bits per heavy atom. The fourth-order valence-electron chi connectivity index (χ4n) is 4.11. The number of benzene rings is 1. The van der Waals surface area contributed by atoms with Gasteiger partial charge < -0.3 is 15.0 Å². The number of aromatic nitrogens is 1. The minimum absolute atomic E-state index is 0.0286. The Morgan fingerprint density at radius 2 is 1.79 bits per heavy atom. The number of pyridine rings is 1. The summed E-state index contributed by atoms with van der Waals surface area (Å²) in [6, 6.07) is 15.1. The monoisotopic (exact) mass is 395 g/mol. The van der Waals surface area contributed by atoms with Gasteiger partial charge in [0, 0.05) is 24.4 Å². The summed E-state index contributed by atoms with van der Waals surface area (Å²) in [7, 11) is 0. The van der Waals surface area contributed by atoms with E-state index in [1.165, 1.54) is 11.1 Å². The average molecular weight is 396 g/mol. The van der Waals surface area contributed by atoms with Gasteiger partial charge in [0.1, 0.15) is 5.60 Å². The van der Waals surface area contributed by atoms with E-state index in [9.17, 15) is 4.79 Å².